The fraction of sp³-hybridized carbons (Fsp3) is 0.333. The number of benzene rings is 2. The summed E-state index contributed by atoms with van der Waals surface area (Å²) in [7, 11) is 1.92. The van der Waals surface area contributed by atoms with Gasteiger partial charge in [-0.1, -0.05) is 30.3 Å². The van der Waals surface area contributed by atoms with Crippen LogP contribution in [-0.4, -0.2) is 41.6 Å². The van der Waals surface area contributed by atoms with Crippen LogP contribution in [0.4, 0.5) is 17.5 Å². The van der Waals surface area contributed by atoms with Crippen molar-refractivity contribution in [1.29, 1.82) is 0 Å². The van der Waals surface area contributed by atoms with Gasteiger partial charge in [0.05, 0.1) is 16.5 Å². The molecule has 0 saturated carbocycles. The second kappa shape index (κ2) is 9.84. The number of hydrogen-bond acceptors (Lipinski definition) is 7. The van der Waals surface area contributed by atoms with E-state index in [1.807, 2.05) is 42.8 Å². The van der Waals surface area contributed by atoms with Gasteiger partial charge in [-0.05, 0) is 61.9 Å². The minimum absolute atomic E-state index is 0.136. The van der Waals surface area contributed by atoms with E-state index in [1.54, 1.807) is 0 Å². The Balaban J connectivity index is 1.56. The number of nitrogen functional groups attached to an aromatic ring is 1. The van der Waals surface area contributed by atoms with Crippen LogP contribution in [0.1, 0.15) is 36.4 Å². The van der Waals surface area contributed by atoms with Gasteiger partial charge < -0.3 is 20.7 Å². The van der Waals surface area contributed by atoms with Crippen LogP contribution in [-0.2, 0) is 0 Å². The van der Waals surface area contributed by atoms with Crippen LogP contribution in [0.15, 0.2) is 54.6 Å². The molecule has 5 rings (SSSR count). The summed E-state index contributed by atoms with van der Waals surface area (Å²) in [5.74, 6) is 3.71. The van der Waals surface area contributed by atoms with E-state index in [1.165, 1.54) is 12.0 Å². The van der Waals surface area contributed by atoms with Crippen molar-refractivity contribution in [3.05, 3.63) is 65.9 Å². The summed E-state index contributed by atoms with van der Waals surface area (Å²) in [5.41, 5.74) is 15.4. The first-order chi connectivity index (χ1) is 17.1. The quantitative estimate of drug-likeness (QED) is 0.357. The smallest absolute Gasteiger partial charge is 0.163 e. The summed E-state index contributed by atoms with van der Waals surface area (Å²) < 4.78 is 7.44. The number of nitrogens with zero attached hydrogens (tertiary/aromatic N) is 4. The number of aromatic nitrogens is 3. The Morgan fingerprint density at radius 3 is 2.49 bits per heavy atom. The molecule has 3 heterocycles. The minimum atomic E-state index is 0.136. The van der Waals surface area contributed by atoms with Gasteiger partial charge in [0.25, 0.3) is 0 Å². The maximum absolute atomic E-state index is 6.76. The van der Waals surface area contributed by atoms with Crippen molar-refractivity contribution in [1.82, 2.24) is 14.8 Å². The van der Waals surface area contributed by atoms with E-state index in [-0.39, 0.29) is 6.73 Å². The molecule has 0 spiro atoms. The summed E-state index contributed by atoms with van der Waals surface area (Å²) >= 11 is 0. The second-order valence-electron chi connectivity index (χ2n) is 9.01. The number of ether oxygens (including phenoxy) is 1. The molecule has 8 nitrogen and oxygen atoms in total. The first-order valence-electron chi connectivity index (χ1n) is 12.2. The number of nitrogens with one attached hydrogen (secondary N) is 1. The molecule has 2 aromatic heterocycles. The van der Waals surface area contributed by atoms with Crippen LogP contribution in [0.5, 0.6) is 5.75 Å². The molecule has 8 heteroatoms. The summed E-state index contributed by atoms with van der Waals surface area (Å²) in [4.78, 5) is 2.38. The number of hydrogen-bond donors (Lipinski definition) is 3. The molecule has 2 aromatic carbocycles. The lowest BCUT2D eigenvalue weighted by molar-refractivity contribution is 0.329. The highest BCUT2D eigenvalue weighted by Gasteiger charge is 2.26. The molecule has 0 aliphatic carbocycles. The highest BCUT2D eigenvalue weighted by Crippen LogP contribution is 2.42. The Hall–Kier alpha value is -3.78. The van der Waals surface area contributed by atoms with Crippen LogP contribution < -0.4 is 26.4 Å². The van der Waals surface area contributed by atoms with E-state index >= 15 is 0 Å². The maximum Gasteiger partial charge on any atom is 0.163 e. The third-order valence-electron chi connectivity index (χ3n) is 6.97. The van der Waals surface area contributed by atoms with Gasteiger partial charge in [0, 0.05) is 25.8 Å². The minimum Gasteiger partial charge on any atom is -0.479 e. The SMILES string of the molecule is CNc1c2c(N3CCCC(c4ccccc4)CC3)nnc(C)c2c(N)n1-c1ccc(OCN)cc1. The fourth-order valence-corrected chi connectivity index (χ4v) is 5.28. The standard InChI is InChI=1S/C27H33N7O/c1-18-23-24(26(30-2)34(25(23)29)21-10-12-22(13-11-21)35-17-28)27(32-31-18)33-15-6-9-20(14-16-33)19-7-4-3-5-8-19/h3-5,7-8,10-13,20,30H,6,9,14-17,28-29H2,1-2H3. The van der Waals surface area contributed by atoms with Gasteiger partial charge in [0.2, 0.25) is 0 Å². The third kappa shape index (κ3) is 4.25. The third-order valence-corrected chi connectivity index (χ3v) is 6.97. The van der Waals surface area contributed by atoms with E-state index in [9.17, 15) is 0 Å². The highest BCUT2D eigenvalue weighted by atomic mass is 16.5. The molecule has 0 bridgehead atoms. The van der Waals surface area contributed by atoms with Crippen LogP contribution in [0.3, 0.4) is 0 Å². The second-order valence-corrected chi connectivity index (χ2v) is 9.01. The Bertz CT molecular complexity index is 1300. The molecule has 1 fully saturated rings. The molecule has 182 valence electrons. The Morgan fingerprint density at radius 2 is 1.77 bits per heavy atom. The molecular weight excluding hydrogens is 438 g/mol. The van der Waals surface area contributed by atoms with Crippen LogP contribution >= 0.6 is 0 Å². The van der Waals surface area contributed by atoms with Crippen LogP contribution in [0.25, 0.3) is 16.5 Å². The van der Waals surface area contributed by atoms with Gasteiger partial charge in [-0.25, -0.2) is 0 Å². The average Bonchev–Trinajstić information content (AvgIpc) is 3.02. The van der Waals surface area contributed by atoms with Crippen LogP contribution in [0, 0.1) is 6.92 Å². The Morgan fingerprint density at radius 1 is 1.00 bits per heavy atom. The van der Waals surface area contributed by atoms with Gasteiger partial charge in [-0.15, -0.1) is 5.10 Å². The number of rotatable bonds is 6. The zero-order valence-electron chi connectivity index (χ0n) is 20.4. The summed E-state index contributed by atoms with van der Waals surface area (Å²) in [6, 6.07) is 18.6. The van der Waals surface area contributed by atoms with Crippen molar-refractivity contribution < 1.29 is 4.74 Å². The number of aryl methyl sites for hydroxylation is 1. The zero-order chi connectivity index (χ0) is 24.4. The lowest BCUT2D eigenvalue weighted by atomic mass is 9.92. The van der Waals surface area contributed by atoms with Gasteiger partial charge in [0.15, 0.2) is 5.82 Å². The first-order valence-corrected chi connectivity index (χ1v) is 12.2. The number of nitrogens with two attached hydrogens (primary N) is 2. The summed E-state index contributed by atoms with van der Waals surface area (Å²) in [6.45, 7) is 3.96. The van der Waals surface area contributed by atoms with Gasteiger partial charge in [-0.2, -0.15) is 5.10 Å². The predicted molar refractivity (Wildman–Crippen MR) is 142 cm³/mol. The summed E-state index contributed by atoms with van der Waals surface area (Å²) in [6.07, 6.45) is 3.35. The Kier molecular flexibility index (Phi) is 6.46. The highest BCUT2D eigenvalue weighted by molar-refractivity contribution is 6.09. The molecule has 35 heavy (non-hydrogen) atoms. The van der Waals surface area contributed by atoms with Crippen molar-refractivity contribution in [2.45, 2.75) is 32.1 Å². The molecule has 5 N–H and O–H groups in total. The monoisotopic (exact) mass is 471 g/mol. The molecule has 1 aliphatic rings. The molecule has 0 amide bonds. The molecule has 1 atom stereocenters. The molecule has 4 aromatic rings. The van der Waals surface area contributed by atoms with Crippen molar-refractivity contribution in [3.63, 3.8) is 0 Å². The van der Waals surface area contributed by atoms with Crippen molar-refractivity contribution in [2.75, 3.05) is 42.8 Å². The molecule has 0 radical (unpaired) electrons. The van der Waals surface area contributed by atoms with E-state index in [0.29, 0.717) is 11.7 Å². The lowest BCUT2D eigenvalue weighted by Gasteiger charge is -2.23. The van der Waals surface area contributed by atoms with Gasteiger partial charge in [0.1, 0.15) is 24.1 Å². The van der Waals surface area contributed by atoms with E-state index in [4.69, 9.17) is 21.3 Å². The number of fused-ring (bicyclic) bond motifs is 1. The largest absolute Gasteiger partial charge is 0.479 e. The predicted octanol–water partition coefficient (Wildman–Crippen LogP) is 4.42. The first kappa shape index (κ1) is 23.0. The normalized spacial score (nSPS) is 16.3. The maximum atomic E-state index is 6.76. The van der Waals surface area contributed by atoms with E-state index in [2.05, 4.69) is 45.6 Å². The Labute approximate surface area is 205 Å². The zero-order valence-corrected chi connectivity index (χ0v) is 20.4. The summed E-state index contributed by atoms with van der Waals surface area (Å²) in [5, 5.41) is 14.6. The van der Waals surface area contributed by atoms with E-state index < -0.39 is 0 Å². The molecular formula is C27H33N7O. The fourth-order valence-electron chi connectivity index (χ4n) is 5.28. The van der Waals surface area contributed by atoms with Crippen molar-refractivity contribution >= 4 is 28.2 Å². The topological polar surface area (TPSA) is 107 Å². The average molecular weight is 472 g/mol. The molecule has 1 unspecified atom stereocenters. The van der Waals surface area contributed by atoms with E-state index in [0.717, 1.165) is 65.5 Å². The lowest BCUT2D eigenvalue weighted by Crippen LogP contribution is -2.26. The van der Waals surface area contributed by atoms with Crippen molar-refractivity contribution in [2.24, 2.45) is 5.73 Å². The number of anilines is 3. The molecule has 1 aliphatic heterocycles. The van der Waals surface area contributed by atoms with Gasteiger partial charge in [-0.3, -0.25) is 10.3 Å². The molecule has 1 saturated heterocycles. The van der Waals surface area contributed by atoms with Crippen molar-refractivity contribution in [3.8, 4) is 11.4 Å². The van der Waals surface area contributed by atoms with Gasteiger partial charge >= 0.3 is 0 Å². The van der Waals surface area contributed by atoms with Crippen LogP contribution in [0.2, 0.25) is 0 Å².